The summed E-state index contributed by atoms with van der Waals surface area (Å²) in [4.78, 5) is 0. The first-order valence-electron chi connectivity index (χ1n) is 4.15. The van der Waals surface area contributed by atoms with Gasteiger partial charge in [-0.3, -0.25) is 0 Å². The van der Waals surface area contributed by atoms with Crippen LogP contribution >= 0.6 is 22.9 Å². The molecule has 1 aromatic heterocycles. The summed E-state index contributed by atoms with van der Waals surface area (Å²) in [6.07, 6.45) is 0.972. The van der Waals surface area contributed by atoms with Gasteiger partial charge in [0, 0.05) is 0 Å². The van der Waals surface area contributed by atoms with Crippen molar-refractivity contribution in [3.63, 3.8) is 0 Å². The van der Waals surface area contributed by atoms with Crippen LogP contribution in [0.3, 0.4) is 0 Å². The quantitative estimate of drug-likeness (QED) is 0.783. The largest absolute Gasteiger partial charge is 0.368 e. The van der Waals surface area contributed by atoms with Crippen molar-refractivity contribution in [3.8, 4) is 0 Å². The summed E-state index contributed by atoms with van der Waals surface area (Å²) >= 11 is 6.99. The van der Waals surface area contributed by atoms with Crippen molar-refractivity contribution in [2.75, 3.05) is 0 Å². The zero-order chi connectivity index (χ0) is 9.90. The summed E-state index contributed by atoms with van der Waals surface area (Å²) in [6, 6.07) is 0. The van der Waals surface area contributed by atoms with E-state index in [4.69, 9.17) is 16.3 Å². The number of hydrogen-bond acceptors (Lipinski definition) is 4. The minimum absolute atomic E-state index is 0.0991. The zero-order valence-electron chi connectivity index (χ0n) is 8.00. The van der Waals surface area contributed by atoms with Gasteiger partial charge in [0.05, 0.1) is 5.60 Å². The molecule has 0 aliphatic rings. The summed E-state index contributed by atoms with van der Waals surface area (Å²) in [6.45, 7) is 6.68. The molecule has 0 saturated carbocycles. The van der Waals surface area contributed by atoms with E-state index in [2.05, 4.69) is 31.0 Å². The van der Waals surface area contributed by atoms with Crippen LogP contribution in [0.4, 0.5) is 0 Å². The molecule has 1 aromatic rings. The fraction of sp³-hybridized carbons (Fsp3) is 0.750. The molecule has 0 amide bonds. The van der Waals surface area contributed by atoms with Gasteiger partial charge in [0.15, 0.2) is 0 Å². The summed E-state index contributed by atoms with van der Waals surface area (Å²) in [5, 5.41) is 8.39. The maximum Gasteiger partial charge on any atom is 0.207 e. The minimum atomic E-state index is -0.0991. The fourth-order valence-corrected chi connectivity index (χ4v) is 1.43. The molecule has 1 rings (SSSR count). The van der Waals surface area contributed by atoms with Crippen LogP contribution in [-0.2, 0) is 11.3 Å². The average molecular weight is 221 g/mol. The van der Waals surface area contributed by atoms with Crippen molar-refractivity contribution in [1.82, 2.24) is 10.2 Å². The van der Waals surface area contributed by atoms with Gasteiger partial charge >= 0.3 is 0 Å². The molecule has 0 aliphatic heterocycles. The van der Waals surface area contributed by atoms with E-state index in [1.165, 1.54) is 11.3 Å². The van der Waals surface area contributed by atoms with E-state index >= 15 is 0 Å². The summed E-state index contributed by atoms with van der Waals surface area (Å²) in [5.74, 6) is 0. The molecular formula is C8H13ClN2OS. The Balaban J connectivity index is 2.43. The summed E-state index contributed by atoms with van der Waals surface area (Å²) < 4.78 is 6.09. The topological polar surface area (TPSA) is 35.0 Å². The molecule has 0 aliphatic carbocycles. The Labute approximate surface area is 87.1 Å². The van der Waals surface area contributed by atoms with E-state index in [1.54, 1.807) is 0 Å². The van der Waals surface area contributed by atoms with E-state index in [0.717, 1.165) is 11.4 Å². The lowest BCUT2D eigenvalue weighted by Gasteiger charge is -2.22. The van der Waals surface area contributed by atoms with E-state index in [1.807, 2.05) is 0 Å². The third-order valence-electron chi connectivity index (χ3n) is 1.88. The Morgan fingerprint density at radius 2 is 2.15 bits per heavy atom. The maximum absolute atomic E-state index is 5.63. The van der Waals surface area contributed by atoms with E-state index < -0.39 is 0 Å². The molecule has 5 heteroatoms. The van der Waals surface area contributed by atoms with Crippen LogP contribution in [0.1, 0.15) is 32.2 Å². The van der Waals surface area contributed by atoms with Crippen molar-refractivity contribution < 1.29 is 4.74 Å². The van der Waals surface area contributed by atoms with Gasteiger partial charge in [-0.25, -0.2) is 0 Å². The molecule has 0 fully saturated rings. The second kappa shape index (κ2) is 4.35. The summed E-state index contributed by atoms with van der Waals surface area (Å²) in [5.41, 5.74) is -0.0991. The molecule has 0 aromatic carbocycles. The molecular weight excluding hydrogens is 208 g/mol. The first-order chi connectivity index (χ1) is 6.03. The number of halogens is 1. The Morgan fingerprint density at radius 1 is 1.46 bits per heavy atom. The van der Waals surface area contributed by atoms with E-state index in [0.29, 0.717) is 11.1 Å². The molecule has 0 N–H and O–H groups in total. The lowest BCUT2D eigenvalue weighted by Crippen LogP contribution is -2.22. The van der Waals surface area contributed by atoms with Crippen LogP contribution in [-0.4, -0.2) is 15.8 Å². The predicted molar refractivity (Wildman–Crippen MR) is 54.1 cm³/mol. The molecule has 0 unspecified atom stereocenters. The molecule has 0 saturated heterocycles. The third-order valence-corrected chi connectivity index (χ3v) is 2.87. The number of ether oxygens (including phenoxy) is 1. The van der Waals surface area contributed by atoms with Gasteiger partial charge in [0.1, 0.15) is 11.6 Å². The number of nitrogens with zero attached hydrogens (tertiary/aromatic N) is 2. The molecule has 3 nitrogen and oxygen atoms in total. The normalized spacial score (nSPS) is 12.0. The number of hydrogen-bond donors (Lipinski definition) is 0. The highest BCUT2D eigenvalue weighted by atomic mass is 35.5. The van der Waals surface area contributed by atoms with Gasteiger partial charge in [-0.05, 0) is 31.9 Å². The van der Waals surface area contributed by atoms with Gasteiger partial charge in [0.2, 0.25) is 4.47 Å². The highest BCUT2D eigenvalue weighted by molar-refractivity contribution is 7.15. The van der Waals surface area contributed by atoms with Crippen LogP contribution in [0, 0.1) is 0 Å². The SMILES string of the molecule is CCC(C)(C)OCc1nnc(Cl)s1. The minimum Gasteiger partial charge on any atom is -0.368 e. The standard InChI is InChI=1S/C8H13ClN2OS/c1-4-8(2,3)12-5-6-10-11-7(9)13-6/h4-5H2,1-3H3. The summed E-state index contributed by atoms with van der Waals surface area (Å²) in [7, 11) is 0. The number of aromatic nitrogens is 2. The van der Waals surface area contributed by atoms with Gasteiger partial charge < -0.3 is 4.74 Å². The first kappa shape index (κ1) is 10.9. The molecule has 13 heavy (non-hydrogen) atoms. The van der Waals surface area contributed by atoms with E-state index in [-0.39, 0.29) is 5.60 Å². The van der Waals surface area contributed by atoms with E-state index in [9.17, 15) is 0 Å². The molecule has 0 radical (unpaired) electrons. The lowest BCUT2D eigenvalue weighted by atomic mass is 10.1. The van der Waals surface area contributed by atoms with Gasteiger partial charge in [0.25, 0.3) is 0 Å². The zero-order valence-corrected chi connectivity index (χ0v) is 9.58. The highest BCUT2D eigenvalue weighted by Gasteiger charge is 2.16. The van der Waals surface area contributed by atoms with Crippen LogP contribution in [0.15, 0.2) is 0 Å². The second-order valence-electron chi connectivity index (χ2n) is 3.35. The number of rotatable bonds is 4. The molecule has 74 valence electrons. The fourth-order valence-electron chi connectivity index (χ4n) is 0.651. The van der Waals surface area contributed by atoms with Crippen LogP contribution in [0.2, 0.25) is 4.47 Å². The molecule has 1 heterocycles. The van der Waals surface area contributed by atoms with Crippen LogP contribution < -0.4 is 0 Å². The van der Waals surface area contributed by atoms with Crippen molar-refractivity contribution >= 4 is 22.9 Å². The lowest BCUT2D eigenvalue weighted by molar-refractivity contribution is -0.0318. The second-order valence-corrected chi connectivity index (χ2v) is 4.99. The Kier molecular flexibility index (Phi) is 3.64. The van der Waals surface area contributed by atoms with Crippen molar-refractivity contribution in [3.05, 3.63) is 9.47 Å². The van der Waals surface area contributed by atoms with Crippen molar-refractivity contribution in [2.24, 2.45) is 0 Å². The Morgan fingerprint density at radius 3 is 2.62 bits per heavy atom. The molecule has 0 spiro atoms. The van der Waals surface area contributed by atoms with Gasteiger partial charge in [-0.1, -0.05) is 18.3 Å². The van der Waals surface area contributed by atoms with Crippen molar-refractivity contribution in [1.29, 1.82) is 0 Å². The monoisotopic (exact) mass is 220 g/mol. The van der Waals surface area contributed by atoms with Gasteiger partial charge in [-0.2, -0.15) is 0 Å². The molecule has 0 bridgehead atoms. The third kappa shape index (κ3) is 3.58. The Bertz CT molecular complexity index is 275. The van der Waals surface area contributed by atoms with Gasteiger partial charge in [-0.15, -0.1) is 10.2 Å². The Hall–Kier alpha value is -0.190. The van der Waals surface area contributed by atoms with Crippen molar-refractivity contribution in [2.45, 2.75) is 39.4 Å². The van der Waals surface area contributed by atoms with Crippen LogP contribution in [0.25, 0.3) is 0 Å². The first-order valence-corrected chi connectivity index (χ1v) is 5.35. The smallest absolute Gasteiger partial charge is 0.207 e. The maximum atomic E-state index is 5.63. The molecule has 0 atom stereocenters. The predicted octanol–water partition coefficient (Wildman–Crippen LogP) is 2.90. The van der Waals surface area contributed by atoms with Crippen LogP contribution in [0.5, 0.6) is 0 Å². The highest BCUT2D eigenvalue weighted by Crippen LogP contribution is 2.20. The average Bonchev–Trinajstić information content (AvgIpc) is 2.48.